The van der Waals surface area contributed by atoms with Gasteiger partial charge in [0.25, 0.3) is 0 Å². The molecule has 4 heteroatoms. The van der Waals surface area contributed by atoms with E-state index in [1.807, 2.05) is 40.5 Å². The number of benzene rings is 2. The maximum atomic E-state index is 5.69. The Morgan fingerprint density at radius 2 is 1.81 bits per heavy atom. The Bertz CT molecular complexity index is 606. The van der Waals surface area contributed by atoms with Crippen molar-refractivity contribution >= 4 is 28.7 Å². The summed E-state index contributed by atoms with van der Waals surface area (Å²) in [7, 11) is 3.27. The van der Waals surface area contributed by atoms with Crippen LogP contribution >= 0.6 is 22.6 Å². The molecule has 3 nitrogen and oxygen atoms in total. The second kappa shape index (κ2) is 8.05. The maximum Gasteiger partial charge on any atom is 0.188 e. The van der Waals surface area contributed by atoms with Crippen LogP contribution in [0.4, 0.5) is 0 Å². The summed E-state index contributed by atoms with van der Waals surface area (Å²) in [5, 5.41) is 0. The molecule has 0 atom stereocenters. The highest BCUT2D eigenvalue weighted by Gasteiger charge is 2.10. The van der Waals surface area contributed by atoms with Gasteiger partial charge in [-0.05, 0) is 39.5 Å². The van der Waals surface area contributed by atoms with E-state index >= 15 is 0 Å². The molecule has 0 heterocycles. The fraction of sp³-hybridized carbons (Fsp3) is 0.176. The maximum absolute atomic E-state index is 5.69. The standard InChI is InChI=1S/C17H17IO3/c1-19-12-21-16-5-3-4-13(10-11-18)17(16)14-6-8-15(20-2)9-7-14/h3-11H,12H2,1-2H3/b11-10+. The Hall–Kier alpha value is -1.53. The van der Waals surface area contributed by atoms with E-state index in [1.165, 1.54) is 0 Å². The van der Waals surface area contributed by atoms with Crippen LogP contribution in [0.25, 0.3) is 17.2 Å². The molecule has 0 N–H and O–H groups in total. The highest BCUT2D eigenvalue weighted by molar-refractivity contribution is 14.1. The number of ether oxygens (including phenoxy) is 3. The minimum atomic E-state index is 0.223. The summed E-state index contributed by atoms with van der Waals surface area (Å²) in [5.41, 5.74) is 3.22. The average Bonchev–Trinajstić information content (AvgIpc) is 2.53. The van der Waals surface area contributed by atoms with Gasteiger partial charge in [-0.3, -0.25) is 0 Å². The van der Waals surface area contributed by atoms with Crippen LogP contribution in [0.1, 0.15) is 5.56 Å². The Balaban J connectivity index is 2.50. The van der Waals surface area contributed by atoms with E-state index < -0.39 is 0 Å². The second-order valence-corrected chi connectivity index (χ2v) is 5.01. The lowest BCUT2D eigenvalue weighted by atomic mass is 9.98. The Morgan fingerprint density at radius 1 is 1.05 bits per heavy atom. The number of halogens is 1. The summed E-state index contributed by atoms with van der Waals surface area (Å²) in [6, 6.07) is 13.9. The van der Waals surface area contributed by atoms with Gasteiger partial charge < -0.3 is 14.2 Å². The number of hydrogen-bond donors (Lipinski definition) is 0. The molecule has 21 heavy (non-hydrogen) atoms. The van der Waals surface area contributed by atoms with Crippen LogP contribution in [0, 0.1) is 0 Å². The molecular formula is C17H17IO3. The van der Waals surface area contributed by atoms with Crippen LogP contribution in [0.2, 0.25) is 0 Å². The molecule has 2 rings (SSSR count). The zero-order valence-corrected chi connectivity index (χ0v) is 14.2. The predicted octanol–water partition coefficient (Wildman–Crippen LogP) is 4.75. The Labute approximate surface area is 138 Å². The summed E-state index contributed by atoms with van der Waals surface area (Å²) in [6.07, 6.45) is 2.06. The Kier molecular flexibility index (Phi) is 6.07. The predicted molar refractivity (Wildman–Crippen MR) is 94.0 cm³/mol. The molecule has 110 valence electrons. The van der Waals surface area contributed by atoms with Crippen molar-refractivity contribution in [1.29, 1.82) is 0 Å². The Morgan fingerprint density at radius 3 is 2.43 bits per heavy atom. The first-order valence-electron chi connectivity index (χ1n) is 6.46. The second-order valence-electron chi connectivity index (χ2n) is 4.29. The van der Waals surface area contributed by atoms with Gasteiger partial charge in [0.1, 0.15) is 11.5 Å². The van der Waals surface area contributed by atoms with Gasteiger partial charge in [-0.2, -0.15) is 0 Å². The van der Waals surface area contributed by atoms with Crippen molar-refractivity contribution in [3.63, 3.8) is 0 Å². The van der Waals surface area contributed by atoms with Crippen LogP contribution in [-0.2, 0) is 4.74 Å². The zero-order valence-electron chi connectivity index (χ0n) is 12.0. The monoisotopic (exact) mass is 396 g/mol. The summed E-state index contributed by atoms with van der Waals surface area (Å²) >= 11 is 2.21. The van der Waals surface area contributed by atoms with E-state index in [2.05, 4.69) is 34.7 Å². The molecule has 0 spiro atoms. The molecule has 0 bridgehead atoms. The smallest absolute Gasteiger partial charge is 0.188 e. The lowest BCUT2D eigenvalue weighted by Crippen LogP contribution is -2.01. The summed E-state index contributed by atoms with van der Waals surface area (Å²) in [5.74, 6) is 1.63. The molecule has 0 saturated heterocycles. The van der Waals surface area contributed by atoms with E-state index in [0.717, 1.165) is 28.2 Å². The third-order valence-electron chi connectivity index (χ3n) is 3.01. The van der Waals surface area contributed by atoms with Gasteiger partial charge in [-0.25, -0.2) is 0 Å². The zero-order chi connectivity index (χ0) is 15.1. The van der Waals surface area contributed by atoms with Crippen molar-refractivity contribution in [2.45, 2.75) is 0 Å². The van der Waals surface area contributed by atoms with Crippen LogP contribution in [0.3, 0.4) is 0 Å². The van der Waals surface area contributed by atoms with Crippen molar-refractivity contribution < 1.29 is 14.2 Å². The highest BCUT2D eigenvalue weighted by atomic mass is 127. The SMILES string of the molecule is COCOc1cccc(/C=C/I)c1-c1ccc(OC)cc1. The first kappa shape index (κ1) is 15.9. The molecule has 0 aliphatic heterocycles. The van der Waals surface area contributed by atoms with E-state index in [4.69, 9.17) is 14.2 Å². The number of rotatable bonds is 6. The normalized spacial score (nSPS) is 10.8. The van der Waals surface area contributed by atoms with E-state index in [1.54, 1.807) is 14.2 Å². The highest BCUT2D eigenvalue weighted by Crippen LogP contribution is 2.35. The van der Waals surface area contributed by atoms with Gasteiger partial charge in [-0.1, -0.05) is 46.9 Å². The number of methoxy groups -OCH3 is 2. The molecule has 0 saturated carbocycles. The van der Waals surface area contributed by atoms with Crippen molar-refractivity contribution in [1.82, 2.24) is 0 Å². The van der Waals surface area contributed by atoms with Crippen LogP contribution in [0.5, 0.6) is 11.5 Å². The lowest BCUT2D eigenvalue weighted by Gasteiger charge is -2.14. The van der Waals surface area contributed by atoms with Gasteiger partial charge in [0.2, 0.25) is 0 Å². The molecule has 2 aromatic carbocycles. The van der Waals surface area contributed by atoms with Gasteiger partial charge >= 0.3 is 0 Å². The van der Waals surface area contributed by atoms with Gasteiger partial charge in [0.15, 0.2) is 6.79 Å². The summed E-state index contributed by atoms with van der Waals surface area (Å²) in [4.78, 5) is 0. The molecule has 0 aliphatic carbocycles. The van der Waals surface area contributed by atoms with Gasteiger partial charge in [0.05, 0.1) is 7.11 Å². The van der Waals surface area contributed by atoms with Crippen LogP contribution < -0.4 is 9.47 Å². The average molecular weight is 396 g/mol. The quantitative estimate of drug-likeness (QED) is 0.521. The van der Waals surface area contributed by atoms with E-state index in [9.17, 15) is 0 Å². The van der Waals surface area contributed by atoms with Crippen molar-refractivity contribution in [2.24, 2.45) is 0 Å². The van der Waals surface area contributed by atoms with Gasteiger partial charge in [-0.15, -0.1) is 0 Å². The van der Waals surface area contributed by atoms with E-state index in [-0.39, 0.29) is 6.79 Å². The minimum Gasteiger partial charge on any atom is -0.497 e. The van der Waals surface area contributed by atoms with Crippen molar-refractivity contribution in [2.75, 3.05) is 21.0 Å². The van der Waals surface area contributed by atoms with E-state index in [0.29, 0.717) is 0 Å². The molecule has 0 unspecified atom stereocenters. The molecule has 0 aliphatic rings. The third-order valence-corrected chi connectivity index (χ3v) is 3.37. The molecule has 0 fully saturated rings. The summed E-state index contributed by atoms with van der Waals surface area (Å²) < 4.78 is 17.9. The largest absolute Gasteiger partial charge is 0.497 e. The van der Waals surface area contributed by atoms with Crippen LogP contribution in [0.15, 0.2) is 46.5 Å². The fourth-order valence-electron chi connectivity index (χ4n) is 2.06. The van der Waals surface area contributed by atoms with Crippen molar-refractivity contribution in [3.05, 3.63) is 52.1 Å². The topological polar surface area (TPSA) is 27.7 Å². The third kappa shape index (κ3) is 3.98. The molecule has 2 aromatic rings. The fourth-order valence-corrected chi connectivity index (χ4v) is 2.45. The first-order valence-corrected chi connectivity index (χ1v) is 7.70. The number of hydrogen-bond acceptors (Lipinski definition) is 3. The molecule has 0 radical (unpaired) electrons. The van der Waals surface area contributed by atoms with Gasteiger partial charge in [0, 0.05) is 12.7 Å². The van der Waals surface area contributed by atoms with Crippen molar-refractivity contribution in [3.8, 4) is 22.6 Å². The first-order chi connectivity index (χ1) is 10.3. The van der Waals surface area contributed by atoms with Crippen LogP contribution in [-0.4, -0.2) is 21.0 Å². The molecule has 0 aromatic heterocycles. The molecule has 0 amide bonds. The molecular weight excluding hydrogens is 379 g/mol. The summed E-state index contributed by atoms with van der Waals surface area (Å²) in [6.45, 7) is 0.223. The lowest BCUT2D eigenvalue weighted by molar-refractivity contribution is 0.0515. The minimum absolute atomic E-state index is 0.223.